The van der Waals surface area contributed by atoms with Crippen LogP contribution in [0.25, 0.3) is 0 Å². The van der Waals surface area contributed by atoms with Crippen molar-refractivity contribution in [3.05, 3.63) is 10.7 Å². The second-order valence-electron chi connectivity index (χ2n) is 5.46. The van der Waals surface area contributed by atoms with Gasteiger partial charge in [-0.1, -0.05) is 6.42 Å². The maximum Gasteiger partial charge on any atom is 0.311 e. The molecule has 1 aromatic rings. The number of anilines is 1. The Morgan fingerprint density at radius 3 is 3.10 bits per heavy atom. The Hall–Kier alpha value is -1.37. The van der Waals surface area contributed by atoms with E-state index in [1.54, 1.807) is 13.3 Å². The van der Waals surface area contributed by atoms with Crippen LogP contribution in [0.4, 0.5) is 5.95 Å². The fourth-order valence-corrected chi connectivity index (χ4v) is 3.78. The van der Waals surface area contributed by atoms with Gasteiger partial charge < -0.3 is 14.7 Å². The Kier molecular flexibility index (Phi) is 3.32. The summed E-state index contributed by atoms with van der Waals surface area (Å²) in [6.45, 7) is 1.19. The van der Waals surface area contributed by atoms with E-state index in [4.69, 9.17) is 4.74 Å². The van der Waals surface area contributed by atoms with Crippen molar-refractivity contribution in [3.63, 3.8) is 0 Å². The summed E-state index contributed by atoms with van der Waals surface area (Å²) in [4.78, 5) is 22.2. The molecule has 1 aromatic heterocycles. The second kappa shape index (κ2) is 4.87. The summed E-state index contributed by atoms with van der Waals surface area (Å²) in [6, 6.07) is 0. The van der Waals surface area contributed by atoms with Gasteiger partial charge in [-0.05, 0) is 34.7 Å². The largest absolute Gasteiger partial charge is 0.481 e. The molecule has 1 saturated carbocycles. The van der Waals surface area contributed by atoms with Gasteiger partial charge in [-0.3, -0.25) is 4.79 Å². The molecule has 1 N–H and O–H groups in total. The Balaban J connectivity index is 1.89. The van der Waals surface area contributed by atoms with E-state index >= 15 is 0 Å². The molecule has 1 aliphatic heterocycles. The molecule has 0 unspecified atom stereocenters. The zero-order chi connectivity index (χ0) is 14.3. The smallest absolute Gasteiger partial charge is 0.311 e. The molecule has 2 atom stereocenters. The molecule has 0 radical (unpaired) electrons. The molecule has 3 rings (SSSR count). The normalized spacial score (nSPS) is 28.5. The highest BCUT2D eigenvalue weighted by molar-refractivity contribution is 9.10. The summed E-state index contributed by atoms with van der Waals surface area (Å²) < 4.78 is 5.86. The summed E-state index contributed by atoms with van der Waals surface area (Å²) in [5, 5.41) is 9.58. The summed E-state index contributed by atoms with van der Waals surface area (Å²) in [6.07, 6.45) is 4.35. The van der Waals surface area contributed by atoms with Gasteiger partial charge in [0.15, 0.2) is 0 Å². The second-order valence-corrected chi connectivity index (χ2v) is 6.31. The molecule has 2 aliphatic rings. The van der Waals surface area contributed by atoms with E-state index in [1.165, 1.54) is 0 Å². The lowest BCUT2D eigenvalue weighted by Gasteiger charge is -2.23. The highest BCUT2D eigenvalue weighted by Crippen LogP contribution is 2.49. The number of halogens is 1. The van der Waals surface area contributed by atoms with E-state index in [-0.39, 0.29) is 5.92 Å². The van der Waals surface area contributed by atoms with Crippen molar-refractivity contribution >= 4 is 27.8 Å². The van der Waals surface area contributed by atoms with Crippen LogP contribution >= 0.6 is 15.9 Å². The van der Waals surface area contributed by atoms with Crippen LogP contribution in [-0.4, -0.2) is 41.2 Å². The van der Waals surface area contributed by atoms with Crippen LogP contribution < -0.4 is 9.64 Å². The average molecular weight is 342 g/mol. The van der Waals surface area contributed by atoms with Crippen LogP contribution in [0.1, 0.15) is 19.3 Å². The van der Waals surface area contributed by atoms with E-state index in [2.05, 4.69) is 25.9 Å². The molecule has 108 valence electrons. The van der Waals surface area contributed by atoms with E-state index in [0.29, 0.717) is 29.4 Å². The number of aliphatic carboxylic acids is 1. The molecular weight excluding hydrogens is 326 g/mol. The number of fused-ring (bicyclic) bond motifs is 1. The summed E-state index contributed by atoms with van der Waals surface area (Å²) in [5.41, 5.74) is -0.621. The number of carboxylic acid groups (broad SMARTS) is 1. The zero-order valence-electron chi connectivity index (χ0n) is 11.2. The molecule has 0 amide bonds. The molecule has 2 fully saturated rings. The molecule has 1 saturated heterocycles. The van der Waals surface area contributed by atoms with Gasteiger partial charge >= 0.3 is 5.97 Å². The predicted molar refractivity (Wildman–Crippen MR) is 75.9 cm³/mol. The topological polar surface area (TPSA) is 75.5 Å². The average Bonchev–Trinajstić information content (AvgIpc) is 2.96. The predicted octanol–water partition coefficient (Wildman–Crippen LogP) is 1.94. The van der Waals surface area contributed by atoms with Gasteiger partial charge in [0, 0.05) is 13.1 Å². The maximum atomic E-state index is 11.7. The van der Waals surface area contributed by atoms with Crippen molar-refractivity contribution in [3.8, 4) is 5.88 Å². The minimum Gasteiger partial charge on any atom is -0.481 e. The van der Waals surface area contributed by atoms with Crippen molar-refractivity contribution in [2.24, 2.45) is 11.3 Å². The van der Waals surface area contributed by atoms with E-state index in [9.17, 15) is 9.90 Å². The van der Waals surface area contributed by atoms with Gasteiger partial charge in [-0.25, -0.2) is 4.98 Å². The van der Waals surface area contributed by atoms with E-state index < -0.39 is 11.4 Å². The van der Waals surface area contributed by atoms with Gasteiger partial charge in [0.25, 0.3) is 0 Å². The van der Waals surface area contributed by atoms with E-state index in [1.807, 2.05) is 4.90 Å². The molecule has 7 heteroatoms. The first-order valence-corrected chi connectivity index (χ1v) is 7.41. The fourth-order valence-electron chi connectivity index (χ4n) is 3.43. The SMILES string of the molecule is COc1nc(N2C[C@@H]3CCC[C@@]3(C(=O)O)C2)ncc1Br. The lowest BCUT2D eigenvalue weighted by atomic mass is 9.81. The third kappa shape index (κ3) is 1.95. The molecule has 0 bridgehead atoms. The zero-order valence-corrected chi connectivity index (χ0v) is 12.8. The van der Waals surface area contributed by atoms with Gasteiger partial charge in [0.05, 0.1) is 23.2 Å². The number of carbonyl (C=O) groups is 1. The third-order valence-electron chi connectivity index (χ3n) is 4.47. The Labute approximate surface area is 125 Å². The van der Waals surface area contributed by atoms with Crippen molar-refractivity contribution in [2.75, 3.05) is 25.1 Å². The molecule has 20 heavy (non-hydrogen) atoms. The van der Waals surface area contributed by atoms with Crippen molar-refractivity contribution in [2.45, 2.75) is 19.3 Å². The monoisotopic (exact) mass is 341 g/mol. The fraction of sp³-hybridized carbons (Fsp3) is 0.615. The first-order valence-electron chi connectivity index (χ1n) is 6.62. The third-order valence-corrected chi connectivity index (χ3v) is 5.02. The number of aromatic nitrogens is 2. The number of methoxy groups -OCH3 is 1. The van der Waals surface area contributed by atoms with Crippen LogP contribution in [-0.2, 0) is 4.79 Å². The number of rotatable bonds is 3. The van der Waals surface area contributed by atoms with Gasteiger partial charge in [0.1, 0.15) is 0 Å². The van der Waals surface area contributed by atoms with Crippen molar-refractivity contribution in [1.82, 2.24) is 9.97 Å². The number of hydrogen-bond donors (Lipinski definition) is 1. The molecular formula is C13H16BrN3O3. The molecule has 2 heterocycles. The van der Waals surface area contributed by atoms with E-state index in [0.717, 1.165) is 19.3 Å². The first-order chi connectivity index (χ1) is 9.56. The Morgan fingerprint density at radius 2 is 2.45 bits per heavy atom. The minimum atomic E-state index is -0.688. The Bertz CT molecular complexity index is 554. The lowest BCUT2D eigenvalue weighted by molar-refractivity contribution is -0.149. The number of nitrogens with zero attached hydrogens (tertiary/aromatic N) is 3. The van der Waals surface area contributed by atoms with Crippen LogP contribution in [0.15, 0.2) is 10.7 Å². The highest BCUT2D eigenvalue weighted by Gasteiger charge is 2.55. The summed E-state index contributed by atoms with van der Waals surface area (Å²) in [7, 11) is 1.55. The van der Waals surface area contributed by atoms with Crippen LogP contribution in [0.2, 0.25) is 0 Å². The first kappa shape index (κ1) is 13.6. The van der Waals surface area contributed by atoms with Gasteiger partial charge in [0.2, 0.25) is 11.8 Å². The quantitative estimate of drug-likeness (QED) is 0.905. The lowest BCUT2D eigenvalue weighted by Crippen LogP contribution is -2.36. The number of carboxylic acids is 1. The Morgan fingerprint density at radius 1 is 1.65 bits per heavy atom. The van der Waals surface area contributed by atoms with Crippen molar-refractivity contribution in [1.29, 1.82) is 0 Å². The molecule has 6 nitrogen and oxygen atoms in total. The molecule has 0 spiro atoms. The maximum absolute atomic E-state index is 11.7. The van der Waals surface area contributed by atoms with Crippen LogP contribution in [0.3, 0.4) is 0 Å². The number of ether oxygens (including phenoxy) is 1. The summed E-state index contributed by atoms with van der Waals surface area (Å²) >= 11 is 3.32. The van der Waals surface area contributed by atoms with Crippen LogP contribution in [0, 0.1) is 11.3 Å². The van der Waals surface area contributed by atoms with Gasteiger partial charge in [-0.2, -0.15) is 4.98 Å². The standard InChI is InChI=1S/C13H16BrN3O3/c1-20-10-9(14)5-15-12(16-10)17-6-8-3-2-4-13(8,7-17)11(18)19/h5,8H,2-4,6-7H2,1H3,(H,18,19)/t8-,13+/m0/s1. The van der Waals surface area contributed by atoms with Crippen LogP contribution in [0.5, 0.6) is 5.88 Å². The summed E-state index contributed by atoms with van der Waals surface area (Å²) in [5.74, 6) is 0.515. The number of hydrogen-bond acceptors (Lipinski definition) is 5. The molecule has 0 aromatic carbocycles. The highest BCUT2D eigenvalue weighted by atomic mass is 79.9. The molecule has 1 aliphatic carbocycles. The van der Waals surface area contributed by atoms with Crippen molar-refractivity contribution < 1.29 is 14.6 Å². The van der Waals surface area contributed by atoms with Gasteiger partial charge in [-0.15, -0.1) is 0 Å². The minimum absolute atomic E-state index is 0.193.